The topological polar surface area (TPSA) is 40.5 Å². The lowest BCUT2D eigenvalue weighted by Gasteiger charge is -2.36. The van der Waals surface area contributed by atoms with Gasteiger partial charge in [-0.15, -0.1) is 0 Å². The molecule has 0 radical (unpaired) electrons. The normalized spacial score (nSPS) is 14.2. The predicted molar refractivity (Wildman–Crippen MR) is 65.9 cm³/mol. The van der Waals surface area contributed by atoms with Crippen molar-refractivity contribution >= 4 is 11.7 Å². The molecule has 0 saturated carbocycles. The Hall–Kier alpha value is -1.51. The Morgan fingerprint density at radius 3 is 2.56 bits per heavy atom. The lowest BCUT2D eigenvalue weighted by molar-refractivity contribution is -0.142. The summed E-state index contributed by atoms with van der Waals surface area (Å²) in [7, 11) is 1.83. The maximum atomic E-state index is 11.3. The van der Waals surface area contributed by atoms with Gasteiger partial charge in [-0.3, -0.25) is 0 Å². The highest BCUT2D eigenvalue weighted by atomic mass is 16.4. The van der Waals surface area contributed by atoms with Gasteiger partial charge in [0.25, 0.3) is 0 Å². The Labute approximate surface area is 96.7 Å². The van der Waals surface area contributed by atoms with Crippen molar-refractivity contribution in [1.29, 1.82) is 0 Å². The monoisotopic (exact) mass is 221 g/mol. The number of aliphatic carboxylic acids is 1. The van der Waals surface area contributed by atoms with E-state index in [0.29, 0.717) is 6.42 Å². The van der Waals surface area contributed by atoms with E-state index in [4.69, 9.17) is 0 Å². The number of carboxylic acid groups (broad SMARTS) is 1. The summed E-state index contributed by atoms with van der Waals surface area (Å²) in [6, 6.07) is 7.88. The maximum absolute atomic E-state index is 11.3. The number of hydrogen-bond acceptors (Lipinski definition) is 2. The molecule has 0 fully saturated rings. The average molecular weight is 221 g/mol. The van der Waals surface area contributed by atoms with Crippen molar-refractivity contribution in [1.82, 2.24) is 0 Å². The van der Waals surface area contributed by atoms with Gasteiger partial charge in [-0.2, -0.15) is 0 Å². The summed E-state index contributed by atoms with van der Waals surface area (Å²) in [6.07, 6.45) is 0.562. The molecule has 0 amide bonds. The summed E-state index contributed by atoms with van der Waals surface area (Å²) >= 11 is 0. The predicted octanol–water partition coefficient (Wildman–Crippen LogP) is 2.68. The van der Waals surface area contributed by atoms with Crippen LogP contribution >= 0.6 is 0 Å². The molecule has 0 bridgehead atoms. The molecule has 0 spiro atoms. The van der Waals surface area contributed by atoms with Crippen molar-refractivity contribution in [3.05, 3.63) is 29.8 Å². The number of rotatable bonds is 4. The van der Waals surface area contributed by atoms with E-state index in [1.54, 1.807) is 6.92 Å². The van der Waals surface area contributed by atoms with Gasteiger partial charge >= 0.3 is 5.97 Å². The molecule has 16 heavy (non-hydrogen) atoms. The molecule has 0 aliphatic carbocycles. The molecule has 1 rings (SSSR count). The molecule has 88 valence electrons. The van der Waals surface area contributed by atoms with Gasteiger partial charge in [0.15, 0.2) is 0 Å². The largest absolute Gasteiger partial charge is 0.480 e. The molecule has 3 heteroatoms. The number of nitrogens with zero attached hydrogens (tertiary/aromatic N) is 1. The highest BCUT2D eigenvalue weighted by molar-refractivity contribution is 5.83. The van der Waals surface area contributed by atoms with E-state index in [0.717, 1.165) is 11.3 Å². The Balaban J connectivity index is 3.09. The Morgan fingerprint density at radius 1 is 1.50 bits per heavy atom. The van der Waals surface area contributed by atoms with Crippen LogP contribution in [0.3, 0.4) is 0 Å². The van der Waals surface area contributed by atoms with Crippen molar-refractivity contribution in [3.8, 4) is 0 Å². The fourth-order valence-corrected chi connectivity index (χ4v) is 1.65. The van der Waals surface area contributed by atoms with Crippen molar-refractivity contribution in [2.75, 3.05) is 11.9 Å². The van der Waals surface area contributed by atoms with E-state index in [-0.39, 0.29) is 0 Å². The Bertz CT molecular complexity index is 389. The van der Waals surface area contributed by atoms with Crippen LogP contribution in [0.1, 0.15) is 25.8 Å². The van der Waals surface area contributed by atoms with Gasteiger partial charge in [-0.1, -0.05) is 19.1 Å². The first kappa shape index (κ1) is 12.6. The smallest absolute Gasteiger partial charge is 0.329 e. The average Bonchev–Trinajstić information content (AvgIpc) is 2.26. The molecule has 0 aliphatic rings. The van der Waals surface area contributed by atoms with Crippen LogP contribution in [0.25, 0.3) is 0 Å². The van der Waals surface area contributed by atoms with E-state index in [2.05, 4.69) is 0 Å². The minimum atomic E-state index is -0.853. The van der Waals surface area contributed by atoms with Crippen molar-refractivity contribution in [3.63, 3.8) is 0 Å². The van der Waals surface area contributed by atoms with Gasteiger partial charge in [0.05, 0.1) is 0 Å². The van der Waals surface area contributed by atoms with Gasteiger partial charge < -0.3 is 10.0 Å². The van der Waals surface area contributed by atoms with Crippen molar-refractivity contribution < 1.29 is 9.90 Å². The van der Waals surface area contributed by atoms with Crippen molar-refractivity contribution in [2.24, 2.45) is 0 Å². The van der Waals surface area contributed by atoms with Gasteiger partial charge in [-0.25, -0.2) is 4.79 Å². The molecule has 1 unspecified atom stereocenters. The molecule has 3 nitrogen and oxygen atoms in total. The fourth-order valence-electron chi connectivity index (χ4n) is 1.65. The van der Waals surface area contributed by atoms with Gasteiger partial charge in [0.2, 0.25) is 0 Å². The fraction of sp³-hybridized carbons (Fsp3) is 0.462. The summed E-state index contributed by atoms with van der Waals surface area (Å²) < 4.78 is 0. The molecule has 1 aromatic carbocycles. The van der Waals surface area contributed by atoms with Gasteiger partial charge in [0.1, 0.15) is 5.54 Å². The number of anilines is 1. The summed E-state index contributed by atoms with van der Waals surface area (Å²) in [6.45, 7) is 5.64. The van der Waals surface area contributed by atoms with Gasteiger partial charge in [-0.05, 0) is 38.0 Å². The summed E-state index contributed by atoms with van der Waals surface area (Å²) in [5, 5.41) is 9.29. The second-order valence-electron chi connectivity index (χ2n) is 4.33. The van der Waals surface area contributed by atoms with E-state index in [1.807, 2.05) is 50.1 Å². The van der Waals surface area contributed by atoms with E-state index in [9.17, 15) is 9.90 Å². The van der Waals surface area contributed by atoms with E-state index < -0.39 is 11.5 Å². The number of aryl methyl sites for hydroxylation is 1. The minimum Gasteiger partial charge on any atom is -0.480 e. The molecule has 0 aliphatic heterocycles. The maximum Gasteiger partial charge on any atom is 0.329 e. The first-order valence-corrected chi connectivity index (χ1v) is 5.45. The second kappa shape index (κ2) is 4.56. The standard InChI is InChI=1S/C13H19NO2/c1-5-13(3,12(15)16)14(4)11-8-6-7-10(2)9-11/h6-9H,5H2,1-4H3,(H,15,16). The summed E-state index contributed by atoms with van der Waals surface area (Å²) in [5.41, 5.74) is 1.22. The van der Waals surface area contributed by atoms with Crippen LogP contribution in [-0.4, -0.2) is 23.7 Å². The van der Waals surface area contributed by atoms with Crippen LogP contribution in [0.15, 0.2) is 24.3 Å². The van der Waals surface area contributed by atoms with E-state index >= 15 is 0 Å². The number of carboxylic acids is 1. The lowest BCUT2D eigenvalue weighted by Crippen LogP contribution is -2.50. The van der Waals surface area contributed by atoms with Crippen LogP contribution in [0.4, 0.5) is 5.69 Å². The third kappa shape index (κ3) is 2.18. The third-order valence-electron chi connectivity index (χ3n) is 3.28. The first-order valence-electron chi connectivity index (χ1n) is 5.45. The zero-order chi connectivity index (χ0) is 12.3. The Kier molecular flexibility index (Phi) is 3.58. The van der Waals surface area contributed by atoms with Crippen LogP contribution in [-0.2, 0) is 4.79 Å². The summed E-state index contributed by atoms with van der Waals surface area (Å²) in [5.74, 6) is -0.793. The van der Waals surface area contributed by atoms with Crippen LogP contribution < -0.4 is 4.90 Å². The first-order chi connectivity index (χ1) is 7.41. The van der Waals surface area contributed by atoms with Crippen LogP contribution in [0.2, 0.25) is 0 Å². The molecular formula is C13H19NO2. The molecular weight excluding hydrogens is 202 g/mol. The number of carbonyl (C=O) groups is 1. The zero-order valence-electron chi connectivity index (χ0n) is 10.3. The molecule has 1 aromatic rings. The molecule has 0 saturated heterocycles. The van der Waals surface area contributed by atoms with E-state index in [1.165, 1.54) is 0 Å². The Morgan fingerprint density at radius 2 is 2.12 bits per heavy atom. The van der Waals surface area contributed by atoms with Crippen LogP contribution in [0.5, 0.6) is 0 Å². The minimum absolute atomic E-state index is 0.562. The molecule has 1 N–H and O–H groups in total. The number of likely N-dealkylation sites (N-methyl/N-ethyl adjacent to an activating group) is 1. The third-order valence-corrected chi connectivity index (χ3v) is 3.28. The molecule has 0 aromatic heterocycles. The summed E-state index contributed by atoms with van der Waals surface area (Å²) in [4.78, 5) is 13.1. The quantitative estimate of drug-likeness (QED) is 0.849. The highest BCUT2D eigenvalue weighted by Crippen LogP contribution is 2.26. The lowest BCUT2D eigenvalue weighted by atomic mass is 9.96. The van der Waals surface area contributed by atoms with Crippen LogP contribution in [0, 0.1) is 6.92 Å². The number of hydrogen-bond donors (Lipinski definition) is 1. The highest BCUT2D eigenvalue weighted by Gasteiger charge is 2.35. The number of benzene rings is 1. The molecule has 0 heterocycles. The second-order valence-corrected chi connectivity index (χ2v) is 4.33. The van der Waals surface area contributed by atoms with Crippen molar-refractivity contribution in [2.45, 2.75) is 32.7 Å². The van der Waals surface area contributed by atoms with Gasteiger partial charge in [0, 0.05) is 12.7 Å². The molecule has 1 atom stereocenters. The zero-order valence-corrected chi connectivity index (χ0v) is 10.3. The SMILES string of the molecule is CCC(C)(C(=O)O)N(C)c1cccc(C)c1.